The fourth-order valence-electron chi connectivity index (χ4n) is 12.2. The zero-order valence-corrected chi connectivity index (χ0v) is 56.2. The van der Waals surface area contributed by atoms with E-state index >= 15 is 0 Å². The van der Waals surface area contributed by atoms with Gasteiger partial charge in [-0.2, -0.15) is 8.42 Å². The SMILES string of the molecule is COC[C@H]1O[C@@H](CCNC(=O)[C@@H](CNC(=O)OCc2ccccc2)NC(=O)OCc2ccccc2)[C@H](OC)[C@@H](OS(=O)(=O)O)[C@@H]1O[C@@H]1O[C@@H](C(=O)O)[C@@H](O[C@H]2O[C@H](CO)[C@@H](O[C@@H]3O[C@H](C(=O)O)[C@@H](O[C@H]4O[C@H](CO)[C@@H](OC)[C@H](OC)[C@H]4OC)[C@H](OC)[C@H]3OC)[C@H](O)[C@H]2O)[C@H](OC)[C@H]1OC. The molecule has 0 unspecified atom stereocenters. The molecule has 5 aliphatic rings. The smallest absolute Gasteiger partial charge is 0.408 e. The number of carboxylic acids is 2. The van der Waals surface area contributed by atoms with Gasteiger partial charge in [0.2, 0.25) is 5.91 Å². The average molecular weight is 1440 g/mol. The third-order valence-electron chi connectivity index (χ3n) is 16.9. The van der Waals surface area contributed by atoms with Crippen LogP contribution in [-0.2, 0) is 137 Å². The van der Waals surface area contributed by atoms with Crippen LogP contribution in [0, 0.1) is 0 Å². The van der Waals surface area contributed by atoms with E-state index in [4.69, 9.17) is 98.9 Å². The number of benzene rings is 2. The average Bonchev–Trinajstić information content (AvgIpc) is 0.798. The highest BCUT2D eigenvalue weighted by Gasteiger charge is 2.60. The molecule has 0 saturated carbocycles. The number of aliphatic hydroxyl groups excluding tert-OH is 4. The van der Waals surface area contributed by atoms with Crippen molar-refractivity contribution in [1.29, 1.82) is 0 Å². The minimum absolute atomic E-state index is 0.114. The van der Waals surface area contributed by atoms with E-state index in [0.717, 1.165) is 21.3 Å². The van der Waals surface area contributed by atoms with E-state index in [-0.39, 0.29) is 26.2 Å². The quantitative estimate of drug-likeness (QED) is 0.0303. The van der Waals surface area contributed by atoms with Crippen molar-refractivity contribution in [2.24, 2.45) is 0 Å². The molecule has 38 nitrogen and oxygen atoms in total. The minimum atomic E-state index is -5.45. The lowest BCUT2D eigenvalue weighted by Crippen LogP contribution is -2.69. The summed E-state index contributed by atoms with van der Waals surface area (Å²) < 4.78 is 157. The van der Waals surface area contributed by atoms with Crippen molar-refractivity contribution < 1.29 is 167 Å². The summed E-state index contributed by atoms with van der Waals surface area (Å²) in [5, 5.41) is 73.4. The molecule has 99 heavy (non-hydrogen) atoms. The molecule has 0 radical (unpaired) electrons. The fraction of sp³-hybridized carbons (Fsp3) is 0.717. The largest absolute Gasteiger partial charge is 0.479 e. The first kappa shape index (κ1) is 80.7. The van der Waals surface area contributed by atoms with Gasteiger partial charge in [-0.25, -0.2) is 23.4 Å². The van der Waals surface area contributed by atoms with Crippen molar-refractivity contribution in [3.8, 4) is 0 Å². The van der Waals surface area contributed by atoms with E-state index < -0.39 is 226 Å². The number of amides is 3. The van der Waals surface area contributed by atoms with Crippen molar-refractivity contribution >= 4 is 40.4 Å². The second-order valence-corrected chi connectivity index (χ2v) is 23.9. The van der Waals surface area contributed by atoms with E-state index in [9.17, 15) is 67.6 Å². The van der Waals surface area contributed by atoms with Gasteiger partial charge in [-0.05, 0) is 17.5 Å². The van der Waals surface area contributed by atoms with Gasteiger partial charge >= 0.3 is 34.5 Å². The molecule has 26 atom stereocenters. The second kappa shape index (κ2) is 38.6. The fourth-order valence-corrected chi connectivity index (χ4v) is 12.7. The summed E-state index contributed by atoms with van der Waals surface area (Å²) in [5.41, 5.74) is 1.30. The zero-order valence-electron chi connectivity index (χ0n) is 55.4. The highest BCUT2D eigenvalue weighted by Crippen LogP contribution is 2.39. The molecule has 5 heterocycles. The number of carbonyl (C=O) groups is 5. The predicted octanol–water partition coefficient (Wildman–Crippen LogP) is -3.25. The van der Waals surface area contributed by atoms with Gasteiger partial charge in [-0.1, -0.05) is 60.7 Å². The molecule has 5 fully saturated rings. The van der Waals surface area contributed by atoms with E-state index in [0.29, 0.717) is 11.1 Å². The van der Waals surface area contributed by atoms with E-state index in [2.05, 4.69) is 16.0 Å². The number of methoxy groups -OCH3 is 9. The number of hydrogen-bond donors (Lipinski definition) is 10. The second-order valence-electron chi connectivity index (χ2n) is 22.9. The maximum absolute atomic E-state index is 13.9. The summed E-state index contributed by atoms with van der Waals surface area (Å²) in [6.45, 7) is -3.13. The van der Waals surface area contributed by atoms with Crippen molar-refractivity contribution in [2.75, 3.05) is 96.9 Å². The normalized spacial score (nSPS) is 35.3. The molecule has 10 N–H and O–H groups in total. The standard InChI is InChI=1S/C60H89N3O35S/c1-78-27-34-40(46(98-99(75,76)77)38(79-2)31(89-34)20-21-61-52(68)30(63-60(74)88-26-29-18-14-11-15-19-29)22-62-59(73)87-25-28-16-12-10-13-17-28)93-58-51(86-9)42(82-5)44(47(97-58)53(69)70)94-55-36(67)35(66)37(32(23-64)90-55)92-57-50(85-8)43(83-6)45(48(96-57)54(71)72)95-56-49(84-7)41(81-4)39(80-3)33(24-65)91-56/h10-19,30-51,55-58,64-67H,20-27H2,1-9H3,(H,61,68)(H,62,73)(H,63,74)(H,69,70)(H,71,72)(H,75,76,77)/t30-,31+,32-,33-,34-,35-,36-,37-,38+,39-,40-,41+,42+,43+,44+,45+,46-,47-,48+,49-,50-,51-,55-,56-,57-,58-/m1/s1. The highest BCUT2D eigenvalue weighted by atomic mass is 32.3. The van der Waals surface area contributed by atoms with Gasteiger partial charge in [0.1, 0.15) is 129 Å². The molecule has 0 spiro atoms. The van der Waals surface area contributed by atoms with Crippen molar-refractivity contribution in [3.63, 3.8) is 0 Å². The molecule has 5 saturated heterocycles. The summed E-state index contributed by atoms with van der Waals surface area (Å²) in [4.78, 5) is 66.0. The van der Waals surface area contributed by atoms with Crippen LogP contribution in [0.3, 0.4) is 0 Å². The van der Waals surface area contributed by atoms with Gasteiger partial charge in [0.15, 0.2) is 37.4 Å². The van der Waals surface area contributed by atoms with Gasteiger partial charge < -0.3 is 141 Å². The van der Waals surface area contributed by atoms with Gasteiger partial charge in [-0.3, -0.25) is 9.35 Å². The maximum atomic E-state index is 13.9. The van der Waals surface area contributed by atoms with Crippen LogP contribution in [-0.4, -0.2) is 330 Å². The summed E-state index contributed by atoms with van der Waals surface area (Å²) in [5.74, 6) is -4.24. The summed E-state index contributed by atoms with van der Waals surface area (Å²) in [6.07, 6.45) is -43.0. The molecular formula is C60H89N3O35S. The van der Waals surface area contributed by atoms with E-state index in [1.54, 1.807) is 60.7 Å². The molecule has 0 aromatic heterocycles. The molecule has 5 aliphatic heterocycles. The molecule has 0 aliphatic carbocycles. The Balaban J connectivity index is 1.05. The minimum Gasteiger partial charge on any atom is -0.479 e. The molecule has 7 rings (SSSR count). The van der Waals surface area contributed by atoms with Crippen LogP contribution in [0.15, 0.2) is 60.7 Å². The predicted molar refractivity (Wildman–Crippen MR) is 325 cm³/mol. The number of alkyl carbamates (subject to hydrolysis) is 2. The number of aliphatic hydroxyl groups is 4. The topological polar surface area (TPSA) is 491 Å². The van der Waals surface area contributed by atoms with Crippen LogP contribution in [0.4, 0.5) is 9.59 Å². The number of nitrogens with one attached hydrogen (secondary N) is 3. The number of carbonyl (C=O) groups excluding carboxylic acids is 3. The number of rotatable bonds is 35. The molecule has 560 valence electrons. The molecule has 2 aromatic carbocycles. The van der Waals surface area contributed by atoms with Crippen LogP contribution in [0.5, 0.6) is 0 Å². The molecular weight excluding hydrogens is 1350 g/mol. The molecule has 2 aromatic rings. The number of carboxylic acid groups (broad SMARTS) is 2. The van der Waals surface area contributed by atoms with Crippen LogP contribution in [0.2, 0.25) is 0 Å². The highest BCUT2D eigenvalue weighted by molar-refractivity contribution is 7.80. The Morgan fingerprint density at radius 2 is 0.899 bits per heavy atom. The third-order valence-corrected chi connectivity index (χ3v) is 17.4. The molecule has 3 amide bonds. The van der Waals surface area contributed by atoms with Crippen LogP contribution in [0.1, 0.15) is 17.5 Å². The summed E-state index contributed by atoms with van der Waals surface area (Å²) >= 11 is 0. The van der Waals surface area contributed by atoms with Crippen LogP contribution < -0.4 is 16.0 Å². The van der Waals surface area contributed by atoms with Gasteiger partial charge in [0.05, 0.1) is 32.5 Å². The monoisotopic (exact) mass is 1440 g/mol. The van der Waals surface area contributed by atoms with Crippen LogP contribution in [0.25, 0.3) is 0 Å². The van der Waals surface area contributed by atoms with Gasteiger partial charge in [-0.15, -0.1) is 0 Å². The van der Waals surface area contributed by atoms with Gasteiger partial charge in [0, 0.05) is 70.5 Å². The number of ether oxygens (including phenoxy) is 20. The lowest BCUT2D eigenvalue weighted by Gasteiger charge is -2.50. The van der Waals surface area contributed by atoms with Crippen LogP contribution >= 0.6 is 0 Å². The Morgan fingerprint density at radius 3 is 1.36 bits per heavy atom. The zero-order chi connectivity index (χ0) is 72.3. The summed E-state index contributed by atoms with van der Waals surface area (Å²) in [6, 6.07) is 15.9. The van der Waals surface area contributed by atoms with Crippen molar-refractivity contribution in [2.45, 2.75) is 179 Å². The lowest BCUT2D eigenvalue weighted by atomic mass is 9.92. The maximum Gasteiger partial charge on any atom is 0.408 e. The Labute approximate surface area is 568 Å². The van der Waals surface area contributed by atoms with E-state index in [1.165, 1.54) is 42.7 Å². The number of aliphatic carboxylic acids is 2. The third kappa shape index (κ3) is 20.6. The Kier molecular flexibility index (Phi) is 31.5. The van der Waals surface area contributed by atoms with E-state index in [1.807, 2.05) is 0 Å². The van der Waals surface area contributed by atoms with Gasteiger partial charge in [0.25, 0.3) is 0 Å². The first-order valence-corrected chi connectivity index (χ1v) is 32.3. The van der Waals surface area contributed by atoms with Crippen molar-refractivity contribution in [3.05, 3.63) is 71.8 Å². The number of hydrogen-bond acceptors (Lipinski definition) is 32. The Hall–Kier alpha value is -5.62. The Morgan fingerprint density at radius 1 is 0.475 bits per heavy atom. The Bertz CT molecular complexity index is 2930. The van der Waals surface area contributed by atoms with Crippen molar-refractivity contribution in [1.82, 2.24) is 16.0 Å². The molecule has 39 heteroatoms. The lowest BCUT2D eigenvalue weighted by molar-refractivity contribution is -0.390. The first-order valence-electron chi connectivity index (χ1n) is 31.0. The first-order chi connectivity index (χ1) is 47.5. The summed E-state index contributed by atoms with van der Waals surface area (Å²) in [7, 11) is 5.53. The molecule has 0 bridgehead atoms.